The van der Waals surface area contributed by atoms with Gasteiger partial charge in [-0.25, -0.2) is 12.8 Å². The number of hydrogen-bond donors (Lipinski definition) is 0. The standard InChI is InChI=1S/C22H25FN2O3S/c1-15(2)17-5-9-19(10-6-17)25-21-14-29(27,28)13-20(21)24(12-22(25)26)11-16-3-7-18(23)8-4-16/h3-10,15,20-21H,11-14H2,1-2H3/t20-,21+/m0/s1. The van der Waals surface area contributed by atoms with E-state index in [9.17, 15) is 17.6 Å². The molecule has 4 rings (SSSR count). The van der Waals surface area contributed by atoms with Crippen LogP contribution in [0.2, 0.25) is 0 Å². The van der Waals surface area contributed by atoms with Crippen molar-refractivity contribution in [2.75, 3.05) is 23.0 Å². The lowest BCUT2D eigenvalue weighted by molar-refractivity contribution is -0.123. The summed E-state index contributed by atoms with van der Waals surface area (Å²) < 4.78 is 38.1. The van der Waals surface area contributed by atoms with Crippen molar-refractivity contribution in [1.29, 1.82) is 0 Å². The number of rotatable bonds is 4. The van der Waals surface area contributed by atoms with Crippen molar-refractivity contribution in [3.63, 3.8) is 0 Å². The maximum absolute atomic E-state index is 13.2. The summed E-state index contributed by atoms with van der Waals surface area (Å²) in [4.78, 5) is 16.6. The number of nitrogens with zero attached hydrogens (tertiary/aromatic N) is 2. The van der Waals surface area contributed by atoms with Gasteiger partial charge in [0.25, 0.3) is 0 Å². The Kier molecular flexibility index (Phi) is 5.21. The van der Waals surface area contributed by atoms with Crippen LogP contribution in [0.25, 0.3) is 0 Å². The molecule has 2 fully saturated rings. The van der Waals surface area contributed by atoms with Gasteiger partial charge in [-0.15, -0.1) is 0 Å². The van der Waals surface area contributed by atoms with E-state index in [2.05, 4.69) is 13.8 Å². The highest BCUT2D eigenvalue weighted by molar-refractivity contribution is 7.91. The van der Waals surface area contributed by atoms with E-state index in [1.807, 2.05) is 29.2 Å². The molecule has 0 radical (unpaired) electrons. The quantitative estimate of drug-likeness (QED) is 0.769. The summed E-state index contributed by atoms with van der Waals surface area (Å²) in [6.45, 7) is 4.77. The fraction of sp³-hybridized carbons (Fsp3) is 0.409. The number of hydrogen-bond acceptors (Lipinski definition) is 4. The Morgan fingerprint density at radius 2 is 1.62 bits per heavy atom. The van der Waals surface area contributed by atoms with Gasteiger partial charge in [0.1, 0.15) is 5.82 Å². The van der Waals surface area contributed by atoms with E-state index in [4.69, 9.17) is 0 Å². The van der Waals surface area contributed by atoms with E-state index in [1.165, 1.54) is 17.7 Å². The highest BCUT2D eigenvalue weighted by atomic mass is 32.2. The van der Waals surface area contributed by atoms with Crippen molar-refractivity contribution in [2.45, 2.75) is 38.4 Å². The Bertz CT molecular complexity index is 1000. The van der Waals surface area contributed by atoms with E-state index in [0.29, 0.717) is 12.5 Å². The Hall–Kier alpha value is -2.25. The van der Waals surface area contributed by atoms with Crippen LogP contribution in [-0.2, 0) is 21.2 Å². The third-order valence-corrected chi connectivity index (χ3v) is 7.54. The van der Waals surface area contributed by atoms with Crippen molar-refractivity contribution in [3.8, 4) is 0 Å². The number of anilines is 1. The van der Waals surface area contributed by atoms with E-state index in [0.717, 1.165) is 11.3 Å². The summed E-state index contributed by atoms with van der Waals surface area (Å²) in [7, 11) is -3.24. The van der Waals surface area contributed by atoms with Crippen LogP contribution < -0.4 is 4.90 Å². The van der Waals surface area contributed by atoms with Gasteiger partial charge in [0.15, 0.2) is 9.84 Å². The Morgan fingerprint density at radius 1 is 1.00 bits per heavy atom. The molecule has 0 N–H and O–H groups in total. The van der Waals surface area contributed by atoms with Gasteiger partial charge in [0.2, 0.25) is 5.91 Å². The van der Waals surface area contributed by atoms with Crippen LogP contribution in [0.5, 0.6) is 0 Å². The molecule has 7 heteroatoms. The fourth-order valence-corrected chi connectivity index (χ4v) is 6.29. The number of carbonyl (C=O) groups excluding carboxylic acids is 1. The Balaban J connectivity index is 1.63. The van der Waals surface area contributed by atoms with Gasteiger partial charge >= 0.3 is 0 Å². The SMILES string of the molecule is CC(C)c1ccc(N2C(=O)CN(Cc3ccc(F)cc3)[C@H]3CS(=O)(=O)C[C@H]32)cc1. The predicted molar refractivity (Wildman–Crippen MR) is 111 cm³/mol. The van der Waals surface area contributed by atoms with Gasteiger partial charge in [0.05, 0.1) is 24.1 Å². The number of carbonyl (C=O) groups is 1. The van der Waals surface area contributed by atoms with Crippen LogP contribution in [0.1, 0.15) is 30.9 Å². The van der Waals surface area contributed by atoms with Gasteiger partial charge in [-0.1, -0.05) is 38.1 Å². The highest BCUT2D eigenvalue weighted by Gasteiger charge is 2.49. The number of piperazine rings is 1. The molecule has 0 aromatic heterocycles. The highest BCUT2D eigenvalue weighted by Crippen LogP contribution is 2.33. The summed E-state index contributed by atoms with van der Waals surface area (Å²) in [5, 5.41) is 0. The largest absolute Gasteiger partial charge is 0.306 e. The molecule has 2 atom stereocenters. The molecular weight excluding hydrogens is 391 g/mol. The number of amides is 1. The van der Waals surface area contributed by atoms with Crippen LogP contribution >= 0.6 is 0 Å². The third kappa shape index (κ3) is 4.07. The van der Waals surface area contributed by atoms with Crippen molar-refractivity contribution < 1.29 is 17.6 Å². The van der Waals surface area contributed by atoms with E-state index < -0.39 is 15.9 Å². The predicted octanol–water partition coefficient (Wildman–Crippen LogP) is 2.96. The van der Waals surface area contributed by atoms with Gasteiger partial charge < -0.3 is 4.90 Å². The molecule has 0 bridgehead atoms. The minimum absolute atomic E-state index is 0.0325. The monoisotopic (exact) mass is 416 g/mol. The molecule has 2 heterocycles. The van der Waals surface area contributed by atoms with Crippen LogP contribution in [-0.4, -0.2) is 49.4 Å². The first-order valence-corrected chi connectivity index (χ1v) is 11.7. The molecule has 2 aromatic rings. The topological polar surface area (TPSA) is 57.7 Å². The number of fused-ring (bicyclic) bond motifs is 1. The molecule has 0 aliphatic carbocycles. The average molecular weight is 417 g/mol. The zero-order valence-corrected chi connectivity index (χ0v) is 17.4. The zero-order valence-electron chi connectivity index (χ0n) is 16.6. The minimum atomic E-state index is -3.24. The summed E-state index contributed by atoms with van der Waals surface area (Å²) in [5.74, 6) is -0.0439. The van der Waals surface area contributed by atoms with Crippen molar-refractivity contribution in [1.82, 2.24) is 4.90 Å². The Labute approximate surface area is 171 Å². The first-order chi connectivity index (χ1) is 13.7. The van der Waals surface area contributed by atoms with E-state index >= 15 is 0 Å². The van der Waals surface area contributed by atoms with Gasteiger partial charge in [0, 0.05) is 18.3 Å². The smallest absolute Gasteiger partial charge is 0.241 e. The second-order valence-electron chi connectivity index (χ2n) is 8.25. The lowest BCUT2D eigenvalue weighted by Crippen LogP contribution is -2.61. The number of sulfone groups is 1. The van der Waals surface area contributed by atoms with Crippen molar-refractivity contribution >= 4 is 21.4 Å². The molecular formula is C22H25FN2O3S. The van der Waals surface area contributed by atoms with Gasteiger partial charge in [-0.3, -0.25) is 9.69 Å². The minimum Gasteiger partial charge on any atom is -0.306 e. The number of benzene rings is 2. The van der Waals surface area contributed by atoms with E-state index in [1.54, 1.807) is 17.0 Å². The molecule has 0 saturated carbocycles. The average Bonchev–Trinajstić information content (AvgIpc) is 2.99. The zero-order chi connectivity index (χ0) is 20.8. The Morgan fingerprint density at radius 3 is 2.24 bits per heavy atom. The maximum atomic E-state index is 13.2. The molecule has 2 aromatic carbocycles. The molecule has 2 aliphatic rings. The third-order valence-electron chi connectivity index (χ3n) is 5.84. The lowest BCUT2D eigenvalue weighted by Gasteiger charge is -2.43. The van der Waals surface area contributed by atoms with Crippen LogP contribution in [0.3, 0.4) is 0 Å². The van der Waals surface area contributed by atoms with E-state index in [-0.39, 0.29) is 35.8 Å². The van der Waals surface area contributed by atoms with Gasteiger partial charge in [-0.05, 0) is 41.3 Å². The molecule has 2 aliphatic heterocycles. The molecule has 0 unspecified atom stereocenters. The second kappa shape index (κ2) is 7.54. The first-order valence-electron chi connectivity index (χ1n) is 9.84. The van der Waals surface area contributed by atoms with Crippen molar-refractivity contribution in [3.05, 3.63) is 65.5 Å². The summed E-state index contributed by atoms with van der Waals surface area (Å²) >= 11 is 0. The van der Waals surface area contributed by atoms with Crippen LogP contribution in [0.4, 0.5) is 10.1 Å². The normalized spacial score (nSPS) is 24.1. The molecule has 1 amide bonds. The van der Waals surface area contributed by atoms with Crippen LogP contribution in [0, 0.1) is 5.82 Å². The molecule has 2 saturated heterocycles. The molecule has 29 heavy (non-hydrogen) atoms. The second-order valence-corrected chi connectivity index (χ2v) is 10.4. The fourth-order valence-electron chi connectivity index (χ4n) is 4.31. The van der Waals surface area contributed by atoms with Gasteiger partial charge in [-0.2, -0.15) is 0 Å². The lowest BCUT2D eigenvalue weighted by atomic mass is 10.00. The van der Waals surface area contributed by atoms with Crippen molar-refractivity contribution in [2.24, 2.45) is 0 Å². The molecule has 0 spiro atoms. The number of halogens is 1. The maximum Gasteiger partial charge on any atom is 0.241 e. The summed E-state index contributed by atoms with van der Waals surface area (Å²) in [5.41, 5.74) is 2.77. The van der Waals surface area contributed by atoms with Crippen LogP contribution in [0.15, 0.2) is 48.5 Å². The summed E-state index contributed by atoms with van der Waals surface area (Å²) in [6.07, 6.45) is 0. The molecule has 5 nitrogen and oxygen atoms in total. The molecule has 154 valence electrons. The summed E-state index contributed by atoms with van der Waals surface area (Å²) in [6, 6.07) is 13.2. The first kappa shape index (κ1) is 20.0.